The Labute approximate surface area is 257 Å². The summed E-state index contributed by atoms with van der Waals surface area (Å²) < 4.78 is 56.9. The van der Waals surface area contributed by atoms with E-state index >= 15 is 4.39 Å². The van der Waals surface area contributed by atoms with Gasteiger partial charge in [-0.05, 0) is 79.2 Å². The molecule has 244 valence electrons. The van der Waals surface area contributed by atoms with Crippen LogP contribution in [0.5, 0.6) is 5.75 Å². The minimum atomic E-state index is -4.86. The van der Waals surface area contributed by atoms with E-state index in [1.165, 1.54) is 12.3 Å². The normalized spacial score (nSPS) is 18.7. The van der Waals surface area contributed by atoms with Gasteiger partial charge in [0.15, 0.2) is 0 Å². The average molecular weight is 641 g/mol. The number of nitrogens with two attached hydrogens (primary N) is 1. The quantitative estimate of drug-likeness (QED) is 0.164. The molecule has 3 heterocycles. The zero-order valence-electron chi connectivity index (χ0n) is 26.3. The van der Waals surface area contributed by atoms with Crippen molar-refractivity contribution in [2.75, 3.05) is 37.6 Å². The molecule has 1 aromatic carbocycles. The molecule has 3 aromatic rings. The third-order valence-corrected chi connectivity index (χ3v) is 12.6. The highest BCUT2D eigenvalue weighted by Crippen LogP contribution is 2.48. The number of hydrogen-bond acceptors (Lipinski definition) is 5. The number of rotatable bonds is 3. The number of aryl methyl sites for hydroxylation is 1. The molecule has 0 bridgehead atoms. The molecular weight excluding hydrogens is 596 g/mol. The predicted molar refractivity (Wildman–Crippen MR) is 169 cm³/mol. The minimum Gasteiger partial charge on any atom is -0.406 e. The fourth-order valence-electron chi connectivity index (χ4n) is 5.44. The molecular formula is C32H44F4N4O3S. The molecule has 2 aromatic heterocycles. The number of carbonyl (C=O) groups excluding carboxylic acids is 1. The van der Waals surface area contributed by atoms with Crippen LogP contribution < -0.4 is 10.5 Å². The van der Waals surface area contributed by atoms with Gasteiger partial charge in [0.25, 0.3) is 5.91 Å². The summed E-state index contributed by atoms with van der Waals surface area (Å²) in [4.78, 5) is 22.2. The van der Waals surface area contributed by atoms with Crippen molar-refractivity contribution in [3.8, 4) is 5.75 Å². The number of ether oxygens (including phenoxy) is 1. The number of aromatic amines is 1. The Morgan fingerprint density at radius 3 is 2.34 bits per heavy atom. The summed E-state index contributed by atoms with van der Waals surface area (Å²) in [6.45, 7) is 7.59. The zero-order chi connectivity index (χ0) is 32.6. The van der Waals surface area contributed by atoms with Crippen molar-refractivity contribution in [3.05, 3.63) is 52.6 Å². The lowest BCUT2D eigenvalue weighted by molar-refractivity contribution is -0.274. The maximum absolute atomic E-state index is 15.2. The van der Waals surface area contributed by atoms with Gasteiger partial charge in [0, 0.05) is 47.9 Å². The van der Waals surface area contributed by atoms with E-state index in [9.17, 15) is 23.1 Å². The van der Waals surface area contributed by atoms with Gasteiger partial charge in [-0.3, -0.25) is 4.79 Å². The molecule has 1 aliphatic heterocycles. The van der Waals surface area contributed by atoms with Crippen LogP contribution in [0, 0.1) is 5.82 Å². The number of benzene rings is 1. The number of nitrogens with zero attached hydrogens (tertiary/aromatic N) is 2. The summed E-state index contributed by atoms with van der Waals surface area (Å²) in [6, 6.07) is 3.25. The van der Waals surface area contributed by atoms with E-state index in [1.807, 2.05) is 0 Å². The lowest BCUT2D eigenvalue weighted by Crippen LogP contribution is -2.38. The first-order valence-corrected chi connectivity index (χ1v) is 17.7. The van der Waals surface area contributed by atoms with Crippen LogP contribution in [0.25, 0.3) is 11.0 Å². The number of nitrogens with one attached hydrogen (secondary N) is 1. The van der Waals surface area contributed by atoms with Gasteiger partial charge in [0.05, 0.1) is 17.9 Å². The molecule has 44 heavy (non-hydrogen) atoms. The van der Waals surface area contributed by atoms with Gasteiger partial charge in [-0.15, -0.1) is 13.2 Å². The Balaban J connectivity index is 0.000000488. The first-order chi connectivity index (χ1) is 20.4. The number of H-pyrrole nitrogens is 1. The Bertz CT molecular complexity index is 1470. The van der Waals surface area contributed by atoms with Crippen LogP contribution in [0.3, 0.4) is 0 Å². The third kappa shape index (κ3) is 7.80. The molecule has 4 N–H and O–H groups in total. The molecule has 1 aliphatic carbocycles. The molecule has 1 saturated heterocycles. The standard InChI is InChI=1S/C25H26F4N4O3.C7H18S/c26-18-12-31-23-22(17-10-14(34)2-1-3-20(17)32-23)21(18)13-6-8-33(9-7-13)24(35)16-5-4-15(11-19(16)30)36-25(27,28)29;1-7(2,3)8(4,5)6/h4-5,11-14,34H,1-3,6-10,30H2,(H,31,32);1-6H3. The third-order valence-electron chi connectivity index (χ3n) is 8.92. The number of carbonyl (C=O) groups is 1. The maximum atomic E-state index is 15.2. The fraction of sp³-hybridized carbons (Fsp3) is 0.562. The molecule has 0 spiro atoms. The second-order valence-corrected chi connectivity index (χ2v) is 18.3. The monoisotopic (exact) mass is 640 g/mol. The SMILES string of the molecule is CC(C)(C)S(C)(C)C.Nc1cc(OC(F)(F)F)ccc1C(=O)N1CCC(c2c(F)cnc3[nH]c4c(c23)CC(O)CCC4)CC1. The van der Waals surface area contributed by atoms with E-state index in [1.54, 1.807) is 4.90 Å². The molecule has 7 nitrogen and oxygen atoms in total. The predicted octanol–water partition coefficient (Wildman–Crippen LogP) is 6.92. The molecule has 1 fully saturated rings. The highest BCUT2D eigenvalue weighted by atomic mass is 32.3. The van der Waals surface area contributed by atoms with Crippen LogP contribution in [0.1, 0.15) is 79.6 Å². The van der Waals surface area contributed by atoms with E-state index in [0.29, 0.717) is 54.7 Å². The van der Waals surface area contributed by atoms with Gasteiger partial charge in [0.1, 0.15) is 17.2 Å². The fourth-order valence-corrected chi connectivity index (χ4v) is 5.44. The van der Waals surface area contributed by atoms with E-state index < -0.39 is 29.9 Å². The van der Waals surface area contributed by atoms with E-state index in [4.69, 9.17) is 5.73 Å². The number of alkyl halides is 3. The molecule has 1 atom stereocenters. The average Bonchev–Trinajstić information content (AvgIpc) is 3.12. The van der Waals surface area contributed by atoms with Gasteiger partial charge in [0.2, 0.25) is 0 Å². The van der Waals surface area contributed by atoms with Crippen molar-refractivity contribution < 1.29 is 32.2 Å². The zero-order valence-corrected chi connectivity index (χ0v) is 27.1. The summed E-state index contributed by atoms with van der Waals surface area (Å²) in [6.07, 6.45) is 6.67. The van der Waals surface area contributed by atoms with Crippen molar-refractivity contribution in [2.24, 2.45) is 0 Å². The van der Waals surface area contributed by atoms with E-state index in [2.05, 4.69) is 54.2 Å². The summed E-state index contributed by atoms with van der Waals surface area (Å²) in [5, 5.41) is 11.1. The number of aliphatic hydroxyl groups excluding tert-OH is 1. The van der Waals surface area contributed by atoms with Gasteiger partial charge in [-0.2, -0.15) is 0 Å². The Kier molecular flexibility index (Phi) is 9.85. The first kappa shape index (κ1) is 33.9. The van der Waals surface area contributed by atoms with Crippen molar-refractivity contribution in [3.63, 3.8) is 0 Å². The smallest absolute Gasteiger partial charge is 0.406 e. The number of pyridine rings is 1. The lowest BCUT2D eigenvalue weighted by Gasteiger charge is -2.40. The van der Waals surface area contributed by atoms with Gasteiger partial charge in [-0.1, -0.05) is 20.8 Å². The summed E-state index contributed by atoms with van der Waals surface area (Å²) in [7, 11) is -0.340. The Morgan fingerprint density at radius 2 is 1.77 bits per heavy atom. The Morgan fingerprint density at radius 1 is 1.14 bits per heavy atom. The van der Waals surface area contributed by atoms with Gasteiger partial charge >= 0.3 is 6.36 Å². The van der Waals surface area contributed by atoms with Gasteiger partial charge < -0.3 is 25.5 Å². The van der Waals surface area contributed by atoms with Crippen LogP contribution in [0.15, 0.2) is 24.4 Å². The maximum Gasteiger partial charge on any atom is 0.573 e. The highest BCUT2D eigenvalue weighted by Gasteiger charge is 2.33. The number of nitrogen functional groups attached to an aromatic ring is 1. The number of aliphatic hydroxyl groups is 1. The molecule has 1 unspecified atom stereocenters. The van der Waals surface area contributed by atoms with Crippen molar-refractivity contribution >= 4 is 32.7 Å². The minimum absolute atomic E-state index is 0.0883. The van der Waals surface area contributed by atoms with Crippen LogP contribution in [0.4, 0.5) is 23.2 Å². The summed E-state index contributed by atoms with van der Waals surface area (Å²) in [5.41, 5.74) is 8.91. The first-order valence-electron chi connectivity index (χ1n) is 14.8. The number of amides is 1. The largest absolute Gasteiger partial charge is 0.573 e. The number of hydrogen-bond donors (Lipinski definition) is 3. The number of halogens is 4. The molecule has 2 aliphatic rings. The second kappa shape index (κ2) is 12.8. The van der Waals surface area contributed by atoms with Crippen LogP contribution in [0.2, 0.25) is 0 Å². The summed E-state index contributed by atoms with van der Waals surface area (Å²) in [5.74, 6) is -1.45. The molecule has 0 radical (unpaired) electrons. The van der Waals surface area contributed by atoms with Crippen LogP contribution in [-0.4, -0.2) is 75.0 Å². The number of aromatic nitrogens is 2. The molecule has 12 heteroatoms. The van der Waals surface area contributed by atoms with E-state index in [0.717, 1.165) is 41.6 Å². The molecule has 1 amide bonds. The number of piperidine rings is 1. The number of fused-ring (bicyclic) bond motifs is 3. The summed E-state index contributed by atoms with van der Waals surface area (Å²) >= 11 is 0. The van der Waals surface area contributed by atoms with Crippen molar-refractivity contribution in [1.82, 2.24) is 14.9 Å². The topological polar surface area (TPSA) is 104 Å². The molecule has 0 saturated carbocycles. The van der Waals surface area contributed by atoms with Gasteiger partial charge in [-0.25, -0.2) is 19.4 Å². The van der Waals surface area contributed by atoms with E-state index in [-0.39, 0.29) is 27.2 Å². The van der Waals surface area contributed by atoms with Crippen LogP contribution in [-0.2, 0) is 12.8 Å². The van der Waals surface area contributed by atoms with Crippen LogP contribution >= 0.6 is 10.0 Å². The second-order valence-electron chi connectivity index (χ2n) is 13.4. The number of likely N-dealkylation sites (tertiary alicyclic amines) is 1. The highest BCUT2D eigenvalue weighted by molar-refractivity contribution is 8.33. The Hall–Kier alpha value is -2.99. The van der Waals surface area contributed by atoms with Crippen molar-refractivity contribution in [1.29, 1.82) is 0 Å². The number of anilines is 1. The lowest BCUT2D eigenvalue weighted by atomic mass is 9.86. The molecule has 5 rings (SSSR count). The van der Waals surface area contributed by atoms with Crippen molar-refractivity contribution in [2.45, 2.75) is 82.4 Å².